The number of benzene rings is 1. The number of carbonyl (C=O) groups excluding carboxylic acids is 1. The molecule has 154 valence electrons. The zero-order valence-corrected chi connectivity index (χ0v) is 16.6. The van der Waals surface area contributed by atoms with E-state index in [1.54, 1.807) is 4.68 Å². The first-order valence-electron chi connectivity index (χ1n) is 8.64. The molecular formula is C18H18ClF3N6O. The minimum atomic E-state index is -4.71. The lowest BCUT2D eigenvalue weighted by Crippen LogP contribution is -2.26. The number of nitrogens with one attached hydrogen (secondary N) is 1. The molecule has 0 aliphatic carbocycles. The van der Waals surface area contributed by atoms with E-state index < -0.39 is 28.8 Å². The van der Waals surface area contributed by atoms with Crippen LogP contribution in [0.15, 0.2) is 30.6 Å². The molecule has 1 amide bonds. The Labute approximate surface area is 169 Å². The third kappa shape index (κ3) is 4.58. The lowest BCUT2D eigenvalue weighted by Gasteiger charge is -2.13. The summed E-state index contributed by atoms with van der Waals surface area (Å²) in [5, 5.41) is 9.59. The van der Waals surface area contributed by atoms with Gasteiger partial charge in [-0.1, -0.05) is 41.4 Å². The van der Waals surface area contributed by atoms with Crippen LogP contribution in [0.4, 0.5) is 19.1 Å². The summed E-state index contributed by atoms with van der Waals surface area (Å²) in [6.07, 6.45) is -3.25. The molecule has 0 saturated heterocycles. The molecule has 1 N–H and O–H groups in total. The summed E-state index contributed by atoms with van der Waals surface area (Å²) in [5.74, 6) is -0.573. The molecule has 0 saturated carbocycles. The van der Waals surface area contributed by atoms with Crippen LogP contribution >= 0.6 is 11.6 Å². The summed E-state index contributed by atoms with van der Waals surface area (Å²) < 4.78 is 41.4. The smallest absolute Gasteiger partial charge is 0.291 e. The number of aromatic nitrogens is 5. The van der Waals surface area contributed by atoms with Crippen molar-refractivity contribution in [3.05, 3.63) is 58.1 Å². The van der Waals surface area contributed by atoms with Gasteiger partial charge in [0.1, 0.15) is 12.4 Å². The van der Waals surface area contributed by atoms with Gasteiger partial charge in [-0.15, -0.1) is 5.10 Å². The van der Waals surface area contributed by atoms with E-state index in [9.17, 15) is 18.0 Å². The van der Waals surface area contributed by atoms with Crippen LogP contribution in [-0.4, -0.2) is 30.5 Å². The maximum atomic E-state index is 13.0. The van der Waals surface area contributed by atoms with E-state index in [0.717, 1.165) is 15.8 Å². The van der Waals surface area contributed by atoms with Crippen molar-refractivity contribution in [2.24, 2.45) is 0 Å². The van der Waals surface area contributed by atoms with Gasteiger partial charge in [0, 0.05) is 0 Å². The molecule has 11 heteroatoms. The summed E-state index contributed by atoms with van der Waals surface area (Å²) in [7, 11) is 0. The average Bonchev–Trinajstić information content (AvgIpc) is 3.19. The Kier molecular flexibility index (Phi) is 5.65. The van der Waals surface area contributed by atoms with Crippen molar-refractivity contribution in [2.75, 3.05) is 5.32 Å². The number of nitrogens with zero attached hydrogens (tertiary/aromatic N) is 5. The average molecular weight is 427 g/mol. The van der Waals surface area contributed by atoms with Crippen LogP contribution in [0.3, 0.4) is 0 Å². The maximum Gasteiger partial charge on any atom is 0.436 e. The molecule has 0 radical (unpaired) electrons. The van der Waals surface area contributed by atoms with Gasteiger partial charge in [0.05, 0.1) is 17.3 Å². The van der Waals surface area contributed by atoms with Gasteiger partial charge in [0.25, 0.3) is 5.91 Å². The summed E-state index contributed by atoms with van der Waals surface area (Å²) in [5.41, 5.74) is 0.940. The van der Waals surface area contributed by atoms with Crippen LogP contribution in [0, 0.1) is 13.8 Å². The Balaban J connectivity index is 1.72. The van der Waals surface area contributed by atoms with Crippen LogP contribution in [0.2, 0.25) is 5.02 Å². The maximum absolute atomic E-state index is 13.0. The van der Waals surface area contributed by atoms with Crippen molar-refractivity contribution in [3.8, 4) is 0 Å². The molecule has 2 heterocycles. The fraction of sp³-hybridized carbons (Fsp3) is 0.333. The molecule has 3 aromatic rings. The zero-order chi connectivity index (χ0) is 21.3. The van der Waals surface area contributed by atoms with Gasteiger partial charge in [-0.05, 0) is 26.3 Å². The molecule has 0 aliphatic rings. The van der Waals surface area contributed by atoms with Crippen molar-refractivity contribution in [1.29, 1.82) is 0 Å². The molecule has 0 fully saturated rings. The third-order valence-corrected chi connectivity index (χ3v) is 4.74. The SMILES string of the molecule is Cc1cccc(Cn2cnc(NC(=O)C(C)n3nc(C(F)(F)F)c(Cl)c3C)n2)c1. The van der Waals surface area contributed by atoms with Crippen molar-refractivity contribution in [1.82, 2.24) is 24.5 Å². The number of carbonyl (C=O) groups is 1. The number of hydrogen-bond acceptors (Lipinski definition) is 4. The van der Waals surface area contributed by atoms with Gasteiger partial charge >= 0.3 is 6.18 Å². The third-order valence-electron chi connectivity index (χ3n) is 4.29. The van der Waals surface area contributed by atoms with E-state index in [2.05, 4.69) is 20.5 Å². The molecule has 1 atom stereocenters. The molecular weight excluding hydrogens is 409 g/mol. The number of rotatable bonds is 5. The van der Waals surface area contributed by atoms with Crippen molar-refractivity contribution in [3.63, 3.8) is 0 Å². The normalized spacial score (nSPS) is 12.8. The molecule has 0 bridgehead atoms. The first kappa shape index (κ1) is 20.8. The van der Waals surface area contributed by atoms with Gasteiger partial charge in [0.2, 0.25) is 5.95 Å². The Morgan fingerprint density at radius 2 is 2.00 bits per heavy atom. The van der Waals surface area contributed by atoms with Crippen molar-refractivity contribution < 1.29 is 18.0 Å². The van der Waals surface area contributed by atoms with Gasteiger partial charge in [-0.2, -0.15) is 18.3 Å². The lowest BCUT2D eigenvalue weighted by molar-refractivity contribution is -0.141. The number of hydrogen-bond donors (Lipinski definition) is 1. The Morgan fingerprint density at radius 3 is 2.62 bits per heavy atom. The Morgan fingerprint density at radius 1 is 1.28 bits per heavy atom. The minimum absolute atomic E-state index is 0.0413. The largest absolute Gasteiger partial charge is 0.436 e. The van der Waals surface area contributed by atoms with Gasteiger partial charge in [0.15, 0.2) is 5.69 Å². The molecule has 1 aromatic carbocycles. The Hall–Kier alpha value is -2.88. The van der Waals surface area contributed by atoms with E-state index in [4.69, 9.17) is 11.6 Å². The van der Waals surface area contributed by atoms with Crippen LogP contribution in [0.25, 0.3) is 0 Å². The predicted octanol–water partition coefficient (Wildman–Crippen LogP) is 4.01. The van der Waals surface area contributed by atoms with Crippen LogP contribution in [-0.2, 0) is 17.5 Å². The van der Waals surface area contributed by atoms with Crippen LogP contribution < -0.4 is 5.32 Å². The van der Waals surface area contributed by atoms with E-state index in [1.165, 1.54) is 20.2 Å². The highest BCUT2D eigenvalue weighted by molar-refractivity contribution is 6.32. The van der Waals surface area contributed by atoms with Crippen molar-refractivity contribution >= 4 is 23.5 Å². The molecule has 0 aliphatic heterocycles. The molecule has 2 aromatic heterocycles. The van der Waals surface area contributed by atoms with E-state index in [0.29, 0.717) is 6.54 Å². The monoisotopic (exact) mass is 426 g/mol. The standard InChI is InChI=1S/C18H18ClF3N6O/c1-10-5-4-6-13(7-10)8-27-9-23-17(26-27)24-16(29)12(3)28-11(2)14(19)15(25-28)18(20,21)22/h4-7,9,12H,8H2,1-3H3,(H,24,26,29). The fourth-order valence-corrected chi connectivity index (χ4v) is 3.04. The number of amides is 1. The first-order valence-corrected chi connectivity index (χ1v) is 9.01. The molecule has 3 rings (SSSR count). The summed E-state index contributed by atoms with van der Waals surface area (Å²) in [6, 6.07) is 6.80. The summed E-state index contributed by atoms with van der Waals surface area (Å²) in [4.78, 5) is 16.5. The second-order valence-corrected chi connectivity index (χ2v) is 6.99. The number of halogens is 4. The highest BCUT2D eigenvalue weighted by Crippen LogP contribution is 2.36. The molecule has 29 heavy (non-hydrogen) atoms. The van der Waals surface area contributed by atoms with E-state index in [-0.39, 0.29) is 11.6 Å². The second kappa shape index (κ2) is 7.86. The minimum Gasteiger partial charge on any atom is -0.291 e. The van der Waals surface area contributed by atoms with Gasteiger partial charge in [-0.3, -0.25) is 14.8 Å². The topological polar surface area (TPSA) is 77.6 Å². The second-order valence-electron chi connectivity index (χ2n) is 6.61. The number of alkyl halides is 3. The molecule has 1 unspecified atom stereocenters. The van der Waals surface area contributed by atoms with Gasteiger partial charge < -0.3 is 0 Å². The quantitative estimate of drug-likeness (QED) is 0.668. The van der Waals surface area contributed by atoms with E-state index >= 15 is 0 Å². The van der Waals surface area contributed by atoms with E-state index in [1.807, 2.05) is 31.2 Å². The van der Waals surface area contributed by atoms with Crippen LogP contribution in [0.1, 0.15) is 35.5 Å². The predicted molar refractivity (Wildman–Crippen MR) is 101 cm³/mol. The lowest BCUT2D eigenvalue weighted by atomic mass is 10.1. The van der Waals surface area contributed by atoms with Crippen LogP contribution in [0.5, 0.6) is 0 Å². The Bertz CT molecular complexity index is 1040. The van der Waals surface area contributed by atoms with Gasteiger partial charge in [-0.25, -0.2) is 9.67 Å². The fourth-order valence-electron chi connectivity index (χ4n) is 2.81. The zero-order valence-electron chi connectivity index (χ0n) is 15.8. The first-order chi connectivity index (χ1) is 13.6. The molecule has 7 nitrogen and oxygen atoms in total. The van der Waals surface area contributed by atoms with Crippen molar-refractivity contribution in [2.45, 2.75) is 39.5 Å². The summed E-state index contributed by atoms with van der Waals surface area (Å²) >= 11 is 5.74. The number of anilines is 1. The highest BCUT2D eigenvalue weighted by atomic mass is 35.5. The number of aryl methyl sites for hydroxylation is 1. The highest BCUT2D eigenvalue weighted by Gasteiger charge is 2.39. The summed E-state index contributed by atoms with van der Waals surface area (Å²) in [6.45, 7) is 5.22. The molecule has 0 spiro atoms.